The monoisotopic (exact) mass is 424 g/mol. The van der Waals surface area contributed by atoms with Crippen LogP contribution in [0.15, 0.2) is 57.9 Å². The van der Waals surface area contributed by atoms with Gasteiger partial charge in [-0.25, -0.2) is 4.79 Å². The van der Waals surface area contributed by atoms with Crippen LogP contribution >= 0.6 is 11.6 Å². The molecule has 6 nitrogen and oxygen atoms in total. The molecule has 0 saturated heterocycles. The number of aromatic amines is 1. The van der Waals surface area contributed by atoms with Gasteiger partial charge in [-0.2, -0.15) is 0 Å². The van der Waals surface area contributed by atoms with Crippen molar-refractivity contribution >= 4 is 39.4 Å². The van der Waals surface area contributed by atoms with Crippen molar-refractivity contribution < 1.29 is 13.9 Å². The molecule has 0 fully saturated rings. The number of H-pyrrole nitrogens is 1. The molecule has 0 radical (unpaired) electrons. The fourth-order valence-corrected chi connectivity index (χ4v) is 3.66. The Morgan fingerprint density at radius 2 is 2.03 bits per heavy atom. The van der Waals surface area contributed by atoms with Crippen molar-refractivity contribution in [1.82, 2.24) is 10.3 Å². The lowest BCUT2D eigenvalue weighted by molar-refractivity contribution is -0.127. The summed E-state index contributed by atoms with van der Waals surface area (Å²) in [4.78, 5) is 27.3. The van der Waals surface area contributed by atoms with Gasteiger partial charge in [0.25, 0.3) is 5.91 Å². The fraction of sp³-hybridized carbons (Fsp3) is 0.217. The Balaban J connectivity index is 1.41. The number of benzene rings is 2. The molecule has 4 aromatic rings. The number of aromatic nitrogens is 1. The fourth-order valence-electron chi connectivity index (χ4n) is 3.46. The van der Waals surface area contributed by atoms with Crippen LogP contribution in [-0.2, 0) is 11.2 Å². The first kappa shape index (κ1) is 20.0. The molecule has 0 spiro atoms. The van der Waals surface area contributed by atoms with Crippen molar-refractivity contribution in [2.45, 2.75) is 26.4 Å². The molecule has 2 aromatic carbocycles. The maximum Gasteiger partial charge on any atom is 0.336 e. The van der Waals surface area contributed by atoms with Gasteiger partial charge in [0.2, 0.25) is 0 Å². The first-order valence-electron chi connectivity index (χ1n) is 9.66. The largest absolute Gasteiger partial charge is 0.479 e. The van der Waals surface area contributed by atoms with Gasteiger partial charge in [-0.05, 0) is 43.5 Å². The summed E-state index contributed by atoms with van der Waals surface area (Å²) in [5.41, 5.74) is 2.89. The normalized spacial score (nSPS) is 12.2. The zero-order chi connectivity index (χ0) is 21.3. The molecule has 2 aromatic heterocycles. The van der Waals surface area contributed by atoms with E-state index in [2.05, 4.69) is 16.4 Å². The lowest BCUT2D eigenvalue weighted by Crippen LogP contribution is -2.37. The maximum atomic E-state index is 12.5. The molecule has 1 atom stereocenters. The van der Waals surface area contributed by atoms with E-state index in [1.165, 1.54) is 6.07 Å². The van der Waals surface area contributed by atoms with Crippen LogP contribution in [0.1, 0.15) is 18.1 Å². The van der Waals surface area contributed by atoms with Gasteiger partial charge in [0, 0.05) is 41.2 Å². The average molecular weight is 425 g/mol. The van der Waals surface area contributed by atoms with Gasteiger partial charge in [0.1, 0.15) is 11.3 Å². The third-order valence-corrected chi connectivity index (χ3v) is 5.34. The van der Waals surface area contributed by atoms with Crippen LogP contribution in [0.2, 0.25) is 5.02 Å². The van der Waals surface area contributed by atoms with Crippen molar-refractivity contribution in [1.29, 1.82) is 0 Å². The van der Waals surface area contributed by atoms with Gasteiger partial charge < -0.3 is 19.5 Å². The van der Waals surface area contributed by atoms with E-state index in [4.69, 9.17) is 20.8 Å². The Morgan fingerprint density at radius 3 is 2.87 bits per heavy atom. The second-order valence-electron chi connectivity index (χ2n) is 7.19. The number of hydrogen-bond acceptors (Lipinski definition) is 4. The van der Waals surface area contributed by atoms with Crippen LogP contribution in [0, 0.1) is 6.92 Å². The molecule has 4 rings (SSSR count). The van der Waals surface area contributed by atoms with E-state index in [0.717, 1.165) is 27.4 Å². The van der Waals surface area contributed by atoms with E-state index < -0.39 is 11.7 Å². The number of carbonyl (C=O) groups is 1. The van der Waals surface area contributed by atoms with Crippen LogP contribution in [0.3, 0.4) is 0 Å². The molecular formula is C23H21ClN2O4. The molecule has 0 saturated carbocycles. The number of hydrogen-bond donors (Lipinski definition) is 2. The molecule has 0 bridgehead atoms. The summed E-state index contributed by atoms with van der Waals surface area (Å²) in [5, 5.41) is 5.11. The Hall–Kier alpha value is -3.25. The minimum absolute atomic E-state index is 0.253. The van der Waals surface area contributed by atoms with Crippen molar-refractivity contribution in [2.75, 3.05) is 6.54 Å². The molecule has 30 heavy (non-hydrogen) atoms. The van der Waals surface area contributed by atoms with E-state index >= 15 is 0 Å². The summed E-state index contributed by atoms with van der Waals surface area (Å²) >= 11 is 6.31. The Kier molecular flexibility index (Phi) is 5.50. The highest BCUT2D eigenvalue weighted by Gasteiger charge is 2.17. The highest BCUT2D eigenvalue weighted by Crippen LogP contribution is 2.31. The average Bonchev–Trinajstić information content (AvgIpc) is 3.12. The third-order valence-electron chi connectivity index (χ3n) is 5.05. The molecular weight excluding hydrogens is 404 g/mol. The molecule has 1 unspecified atom stereocenters. The molecule has 2 heterocycles. The highest BCUT2D eigenvalue weighted by molar-refractivity contribution is 6.32. The molecule has 7 heteroatoms. The van der Waals surface area contributed by atoms with Gasteiger partial charge in [0.15, 0.2) is 6.10 Å². The third kappa shape index (κ3) is 4.04. The molecule has 1 amide bonds. The van der Waals surface area contributed by atoms with Crippen molar-refractivity contribution in [2.24, 2.45) is 0 Å². The smallest absolute Gasteiger partial charge is 0.336 e. The first-order chi connectivity index (χ1) is 14.4. The summed E-state index contributed by atoms with van der Waals surface area (Å²) in [6, 6.07) is 12.7. The highest BCUT2D eigenvalue weighted by atomic mass is 35.5. The van der Waals surface area contributed by atoms with Gasteiger partial charge in [-0.15, -0.1) is 0 Å². The first-order valence-corrected chi connectivity index (χ1v) is 10.0. The van der Waals surface area contributed by atoms with Crippen LogP contribution < -0.4 is 15.7 Å². The van der Waals surface area contributed by atoms with E-state index in [0.29, 0.717) is 23.6 Å². The maximum absolute atomic E-state index is 12.5. The molecule has 0 aliphatic heterocycles. The second-order valence-corrected chi connectivity index (χ2v) is 7.60. The number of ether oxygens (including phenoxy) is 1. The Labute approximate surface area is 177 Å². The second kappa shape index (κ2) is 8.24. The minimum atomic E-state index is -0.764. The number of carbonyl (C=O) groups excluding carboxylic acids is 1. The minimum Gasteiger partial charge on any atom is -0.479 e. The van der Waals surface area contributed by atoms with Gasteiger partial charge in [-0.1, -0.05) is 29.8 Å². The topological polar surface area (TPSA) is 84.3 Å². The van der Waals surface area contributed by atoms with E-state index in [9.17, 15) is 9.59 Å². The standard InChI is InChI=1S/C23H21ClN2O4/c1-13-9-22(27)30-20-11-21(18(24)10-17(13)20)29-14(2)23(28)25-8-7-15-12-26-19-6-4-3-5-16(15)19/h3-6,9-12,14,26H,7-8H2,1-2H3,(H,25,28). The number of halogens is 1. The molecule has 154 valence electrons. The lowest BCUT2D eigenvalue weighted by Gasteiger charge is -2.16. The summed E-state index contributed by atoms with van der Waals surface area (Å²) < 4.78 is 11.0. The molecule has 2 N–H and O–H groups in total. The zero-order valence-corrected chi connectivity index (χ0v) is 17.4. The van der Waals surface area contributed by atoms with Gasteiger partial charge >= 0.3 is 5.63 Å². The lowest BCUT2D eigenvalue weighted by atomic mass is 10.1. The van der Waals surface area contributed by atoms with E-state index in [-0.39, 0.29) is 11.7 Å². The van der Waals surface area contributed by atoms with Crippen LogP contribution in [0.5, 0.6) is 5.75 Å². The van der Waals surface area contributed by atoms with Crippen molar-refractivity contribution in [3.8, 4) is 5.75 Å². The Morgan fingerprint density at radius 1 is 1.23 bits per heavy atom. The quantitative estimate of drug-likeness (QED) is 0.450. The van der Waals surface area contributed by atoms with Gasteiger partial charge in [0.05, 0.1) is 5.02 Å². The van der Waals surface area contributed by atoms with Gasteiger partial charge in [-0.3, -0.25) is 4.79 Å². The van der Waals surface area contributed by atoms with Crippen LogP contribution in [0.25, 0.3) is 21.9 Å². The van der Waals surface area contributed by atoms with E-state index in [1.54, 1.807) is 26.0 Å². The summed E-state index contributed by atoms with van der Waals surface area (Å²) in [5.74, 6) is 0.0360. The number of para-hydroxylation sites is 1. The van der Waals surface area contributed by atoms with Crippen LogP contribution in [-0.4, -0.2) is 23.5 Å². The summed E-state index contributed by atoms with van der Waals surface area (Å²) in [7, 11) is 0. The molecule has 0 aliphatic carbocycles. The van der Waals surface area contributed by atoms with Crippen molar-refractivity contribution in [3.05, 3.63) is 75.2 Å². The number of amides is 1. The SMILES string of the molecule is Cc1cc(=O)oc2cc(OC(C)C(=O)NCCc3c[nH]c4ccccc34)c(Cl)cc12. The number of rotatable bonds is 6. The summed E-state index contributed by atoms with van der Waals surface area (Å²) in [6.07, 6.45) is 1.89. The predicted octanol–water partition coefficient (Wildman–Crippen LogP) is 4.36. The Bertz CT molecular complexity index is 1290. The zero-order valence-electron chi connectivity index (χ0n) is 16.6. The predicted molar refractivity (Wildman–Crippen MR) is 117 cm³/mol. The number of nitrogens with one attached hydrogen (secondary N) is 2. The molecule has 0 aliphatic rings. The number of fused-ring (bicyclic) bond motifs is 2. The summed E-state index contributed by atoms with van der Waals surface area (Å²) in [6.45, 7) is 3.93. The number of aryl methyl sites for hydroxylation is 1. The van der Waals surface area contributed by atoms with Crippen molar-refractivity contribution in [3.63, 3.8) is 0 Å². The van der Waals surface area contributed by atoms with Crippen LogP contribution in [0.4, 0.5) is 0 Å². The van der Waals surface area contributed by atoms with E-state index in [1.807, 2.05) is 24.4 Å².